The maximum atomic E-state index is 10.9. The molecule has 4 heteroatoms. The van der Waals surface area contributed by atoms with Crippen LogP contribution < -0.4 is 4.74 Å². The number of carbonyl (C=O) groups is 1. The molecule has 0 saturated heterocycles. The Morgan fingerprint density at radius 1 is 1.24 bits per heavy atom. The average molecular weight is 359 g/mol. The highest BCUT2D eigenvalue weighted by molar-refractivity contribution is 6.33. The summed E-state index contributed by atoms with van der Waals surface area (Å²) in [5.74, 6) is 0.378. The van der Waals surface area contributed by atoms with Gasteiger partial charge in [-0.3, -0.25) is 4.79 Å². The van der Waals surface area contributed by atoms with Crippen molar-refractivity contribution >= 4 is 17.6 Å². The third kappa shape index (κ3) is 4.55. The normalized spacial score (nSPS) is 19.0. The quantitative estimate of drug-likeness (QED) is 0.716. The number of benzene rings is 2. The summed E-state index contributed by atoms with van der Waals surface area (Å²) in [6, 6.07) is 14.0. The molecule has 3 rings (SSSR count). The second-order valence-corrected chi connectivity index (χ2v) is 7.39. The fourth-order valence-electron chi connectivity index (χ4n) is 3.14. The molecule has 2 atom stereocenters. The molecular formula is C21H23ClO3. The lowest BCUT2D eigenvalue weighted by Crippen LogP contribution is -2.05. The number of hydrogen-bond acceptors (Lipinski definition) is 2. The van der Waals surface area contributed by atoms with Crippen LogP contribution >= 0.6 is 11.6 Å². The molecule has 0 aliphatic heterocycles. The van der Waals surface area contributed by atoms with E-state index in [1.54, 1.807) is 0 Å². The average Bonchev–Trinajstić information content (AvgIpc) is 3.35. The lowest BCUT2D eigenvalue weighted by atomic mass is 10.0. The summed E-state index contributed by atoms with van der Waals surface area (Å²) < 4.78 is 5.75. The van der Waals surface area contributed by atoms with Crippen LogP contribution in [0, 0.1) is 11.8 Å². The van der Waals surface area contributed by atoms with Crippen LogP contribution in [0.5, 0.6) is 5.75 Å². The van der Waals surface area contributed by atoms with Crippen molar-refractivity contribution in [2.24, 2.45) is 11.8 Å². The number of aryl methyl sites for hydroxylation is 1. The van der Waals surface area contributed by atoms with Crippen LogP contribution in [-0.2, 0) is 11.2 Å². The molecule has 0 heterocycles. The van der Waals surface area contributed by atoms with Crippen molar-refractivity contribution in [1.82, 2.24) is 0 Å². The number of carboxylic acids is 1. The summed E-state index contributed by atoms with van der Waals surface area (Å²) >= 11 is 6.35. The molecule has 0 spiro atoms. The Kier molecular flexibility index (Phi) is 5.33. The van der Waals surface area contributed by atoms with Gasteiger partial charge < -0.3 is 9.84 Å². The number of halogens is 1. The molecule has 0 bridgehead atoms. The number of rotatable bonds is 7. The van der Waals surface area contributed by atoms with E-state index in [-0.39, 0.29) is 12.0 Å². The Labute approximate surface area is 153 Å². The topological polar surface area (TPSA) is 46.5 Å². The zero-order valence-corrected chi connectivity index (χ0v) is 15.3. The molecule has 0 unspecified atom stereocenters. The van der Waals surface area contributed by atoms with E-state index in [1.807, 2.05) is 32.0 Å². The van der Waals surface area contributed by atoms with E-state index in [4.69, 9.17) is 21.4 Å². The van der Waals surface area contributed by atoms with Gasteiger partial charge >= 0.3 is 5.97 Å². The number of carboxylic acid groups (broad SMARTS) is 1. The SMILES string of the molecule is CC(C)Oc1ccc(Cl)c(-c2ccc(CC[C@@H]3C[C@H]3C(=O)O)cc2)c1. The van der Waals surface area contributed by atoms with Gasteiger partial charge in [-0.05, 0) is 68.4 Å². The predicted octanol–water partition coefficient (Wildman–Crippen LogP) is 5.45. The molecular weight excluding hydrogens is 336 g/mol. The van der Waals surface area contributed by atoms with Crippen LogP contribution in [0.4, 0.5) is 0 Å². The lowest BCUT2D eigenvalue weighted by Gasteiger charge is -2.12. The first-order valence-corrected chi connectivity index (χ1v) is 9.10. The minimum absolute atomic E-state index is 0.119. The second-order valence-electron chi connectivity index (χ2n) is 6.98. The van der Waals surface area contributed by atoms with Gasteiger partial charge in [0.25, 0.3) is 0 Å². The van der Waals surface area contributed by atoms with E-state index < -0.39 is 5.97 Å². The molecule has 2 aromatic carbocycles. The zero-order valence-electron chi connectivity index (χ0n) is 14.5. The molecule has 25 heavy (non-hydrogen) atoms. The van der Waals surface area contributed by atoms with Gasteiger partial charge in [0, 0.05) is 10.6 Å². The van der Waals surface area contributed by atoms with Crippen LogP contribution in [0.3, 0.4) is 0 Å². The first kappa shape index (κ1) is 17.8. The fourth-order valence-corrected chi connectivity index (χ4v) is 3.37. The van der Waals surface area contributed by atoms with Crippen molar-refractivity contribution in [3.8, 4) is 16.9 Å². The first-order valence-electron chi connectivity index (χ1n) is 8.72. The molecule has 0 radical (unpaired) electrons. The highest BCUT2D eigenvalue weighted by Crippen LogP contribution is 2.42. The number of aliphatic carboxylic acids is 1. The highest BCUT2D eigenvalue weighted by atomic mass is 35.5. The smallest absolute Gasteiger partial charge is 0.306 e. The monoisotopic (exact) mass is 358 g/mol. The van der Waals surface area contributed by atoms with Crippen molar-refractivity contribution < 1.29 is 14.6 Å². The van der Waals surface area contributed by atoms with Gasteiger partial charge in [-0.25, -0.2) is 0 Å². The largest absolute Gasteiger partial charge is 0.491 e. The molecule has 1 fully saturated rings. The summed E-state index contributed by atoms with van der Waals surface area (Å²) in [6.07, 6.45) is 2.80. The molecule has 0 amide bonds. The molecule has 1 N–H and O–H groups in total. The van der Waals surface area contributed by atoms with Crippen LogP contribution in [0.25, 0.3) is 11.1 Å². The third-order valence-corrected chi connectivity index (χ3v) is 4.95. The van der Waals surface area contributed by atoms with Gasteiger partial charge in [0.15, 0.2) is 0 Å². The van der Waals surface area contributed by atoms with Gasteiger partial charge in [-0.2, -0.15) is 0 Å². The number of ether oxygens (including phenoxy) is 1. The Morgan fingerprint density at radius 2 is 1.96 bits per heavy atom. The van der Waals surface area contributed by atoms with E-state index in [0.717, 1.165) is 36.1 Å². The van der Waals surface area contributed by atoms with Gasteiger partial charge in [0.05, 0.1) is 12.0 Å². The maximum absolute atomic E-state index is 10.9. The molecule has 2 aromatic rings. The predicted molar refractivity (Wildman–Crippen MR) is 100 cm³/mol. The van der Waals surface area contributed by atoms with Gasteiger partial charge in [-0.15, -0.1) is 0 Å². The van der Waals surface area contributed by atoms with Crippen LogP contribution in [0.15, 0.2) is 42.5 Å². The molecule has 1 aliphatic rings. The minimum atomic E-state index is -0.654. The van der Waals surface area contributed by atoms with E-state index in [2.05, 4.69) is 24.3 Å². The third-order valence-electron chi connectivity index (χ3n) is 4.62. The molecule has 3 nitrogen and oxygen atoms in total. The summed E-state index contributed by atoms with van der Waals surface area (Å²) in [6.45, 7) is 4.00. The van der Waals surface area contributed by atoms with Crippen molar-refractivity contribution in [3.05, 3.63) is 53.1 Å². The molecule has 0 aromatic heterocycles. The lowest BCUT2D eigenvalue weighted by molar-refractivity contribution is -0.138. The summed E-state index contributed by atoms with van der Waals surface area (Å²) in [4.78, 5) is 10.9. The van der Waals surface area contributed by atoms with Crippen LogP contribution in [-0.4, -0.2) is 17.2 Å². The maximum Gasteiger partial charge on any atom is 0.306 e. The van der Waals surface area contributed by atoms with E-state index in [1.165, 1.54) is 5.56 Å². The number of hydrogen-bond donors (Lipinski definition) is 1. The molecule has 1 aliphatic carbocycles. The van der Waals surface area contributed by atoms with Gasteiger partial charge in [-0.1, -0.05) is 35.9 Å². The Morgan fingerprint density at radius 3 is 2.56 bits per heavy atom. The van der Waals surface area contributed by atoms with Crippen molar-refractivity contribution in [2.45, 2.75) is 39.2 Å². The summed E-state index contributed by atoms with van der Waals surface area (Å²) in [5.41, 5.74) is 3.24. The molecule has 132 valence electrons. The van der Waals surface area contributed by atoms with E-state index in [0.29, 0.717) is 10.9 Å². The Bertz CT molecular complexity index is 752. The Hall–Kier alpha value is -2.00. The van der Waals surface area contributed by atoms with E-state index in [9.17, 15) is 4.79 Å². The second kappa shape index (κ2) is 7.49. The van der Waals surface area contributed by atoms with Gasteiger partial charge in [0.2, 0.25) is 0 Å². The Balaban J connectivity index is 1.67. The van der Waals surface area contributed by atoms with Crippen molar-refractivity contribution in [2.75, 3.05) is 0 Å². The zero-order chi connectivity index (χ0) is 18.0. The minimum Gasteiger partial charge on any atom is -0.491 e. The summed E-state index contributed by atoms with van der Waals surface area (Å²) in [5, 5.41) is 9.66. The fraction of sp³-hybridized carbons (Fsp3) is 0.381. The summed E-state index contributed by atoms with van der Waals surface area (Å²) in [7, 11) is 0. The van der Waals surface area contributed by atoms with Crippen molar-refractivity contribution in [1.29, 1.82) is 0 Å². The standard InChI is InChI=1S/C21H23ClO3/c1-13(2)25-17-9-10-20(22)18(12-17)15-6-3-14(4-7-15)5-8-16-11-19(16)21(23)24/h3-4,6-7,9-10,12-13,16,19H,5,8,11H2,1-2H3,(H,23,24)/t16-,19-/m1/s1. The van der Waals surface area contributed by atoms with Crippen LogP contribution in [0.1, 0.15) is 32.3 Å². The highest BCUT2D eigenvalue weighted by Gasteiger charge is 2.42. The van der Waals surface area contributed by atoms with Gasteiger partial charge in [0.1, 0.15) is 5.75 Å². The first-order chi connectivity index (χ1) is 11.9. The van der Waals surface area contributed by atoms with Crippen molar-refractivity contribution in [3.63, 3.8) is 0 Å². The van der Waals surface area contributed by atoms with E-state index >= 15 is 0 Å². The van der Waals surface area contributed by atoms with Crippen LogP contribution in [0.2, 0.25) is 5.02 Å². The molecule has 1 saturated carbocycles.